The molecule has 0 aliphatic heterocycles. The van der Waals surface area contributed by atoms with Gasteiger partial charge >= 0.3 is 0 Å². The van der Waals surface area contributed by atoms with Crippen LogP contribution in [0.1, 0.15) is 26.2 Å². The molecule has 0 atom stereocenters. The monoisotopic (exact) mass is 428 g/mol. The summed E-state index contributed by atoms with van der Waals surface area (Å²) in [7, 11) is 0. The van der Waals surface area contributed by atoms with Gasteiger partial charge in [-0.1, -0.05) is 91.0 Å². The Labute approximate surface area is 183 Å². The van der Waals surface area contributed by atoms with Gasteiger partial charge in [0, 0.05) is 19.3 Å². The van der Waals surface area contributed by atoms with Crippen molar-refractivity contribution in [2.45, 2.75) is 26.2 Å². The van der Waals surface area contributed by atoms with Gasteiger partial charge in [0.15, 0.2) is 5.78 Å². The molecular formula is C27H25O3P. The summed E-state index contributed by atoms with van der Waals surface area (Å²) in [4.78, 5) is 38.4. The van der Waals surface area contributed by atoms with Crippen molar-refractivity contribution in [3.05, 3.63) is 91.0 Å². The summed E-state index contributed by atoms with van der Waals surface area (Å²) in [5.74, 6) is 1.41. The zero-order chi connectivity index (χ0) is 21.9. The Kier molecular flexibility index (Phi) is 5.89. The third-order valence-electron chi connectivity index (χ3n) is 6.17. The SMILES string of the molecule is CC1(CC(=O)C=P(c2ccccc2)(c2ccccc2)c2ccccc2)C(=O)CCC1=O. The molecule has 0 spiro atoms. The van der Waals surface area contributed by atoms with Crippen LogP contribution in [0, 0.1) is 5.41 Å². The van der Waals surface area contributed by atoms with Crippen LogP contribution in [-0.2, 0) is 14.4 Å². The second-order valence-corrected chi connectivity index (χ2v) is 11.4. The van der Waals surface area contributed by atoms with Crippen LogP contribution in [-0.4, -0.2) is 23.1 Å². The van der Waals surface area contributed by atoms with Gasteiger partial charge in [-0.15, -0.1) is 0 Å². The molecule has 3 aromatic rings. The van der Waals surface area contributed by atoms with Gasteiger partial charge in [-0.25, -0.2) is 0 Å². The number of rotatable bonds is 6. The van der Waals surface area contributed by atoms with E-state index < -0.39 is 12.3 Å². The van der Waals surface area contributed by atoms with Gasteiger partial charge in [0.1, 0.15) is 11.6 Å². The lowest BCUT2D eigenvalue weighted by Gasteiger charge is -2.29. The summed E-state index contributed by atoms with van der Waals surface area (Å²) < 4.78 is 0. The van der Waals surface area contributed by atoms with E-state index in [-0.39, 0.29) is 36.6 Å². The molecule has 3 nitrogen and oxygen atoms in total. The van der Waals surface area contributed by atoms with Crippen molar-refractivity contribution in [2.75, 3.05) is 0 Å². The normalized spacial score (nSPS) is 15.6. The Balaban J connectivity index is 1.95. The number of hydrogen-bond donors (Lipinski definition) is 0. The van der Waals surface area contributed by atoms with E-state index in [1.807, 2.05) is 60.4 Å². The quantitative estimate of drug-likeness (QED) is 0.445. The molecule has 31 heavy (non-hydrogen) atoms. The number of Topliss-reactive ketones (excluding diaryl/α,β-unsaturated/α-hetero) is 3. The topological polar surface area (TPSA) is 51.2 Å². The van der Waals surface area contributed by atoms with Crippen LogP contribution < -0.4 is 15.9 Å². The molecule has 0 amide bonds. The van der Waals surface area contributed by atoms with Crippen LogP contribution in [0.3, 0.4) is 0 Å². The average molecular weight is 428 g/mol. The molecule has 1 aliphatic carbocycles. The van der Waals surface area contributed by atoms with E-state index in [1.54, 1.807) is 6.92 Å². The number of carbonyl (C=O) groups is 3. The molecule has 1 saturated carbocycles. The van der Waals surface area contributed by atoms with E-state index in [1.165, 1.54) is 0 Å². The van der Waals surface area contributed by atoms with Gasteiger partial charge in [-0.05, 0) is 35.5 Å². The minimum Gasteiger partial charge on any atom is -0.299 e. The molecule has 1 aliphatic rings. The molecule has 1 fully saturated rings. The molecule has 156 valence electrons. The smallest absolute Gasteiger partial charge is 0.158 e. The lowest BCUT2D eigenvalue weighted by molar-refractivity contribution is -0.136. The number of carbonyl (C=O) groups excluding carboxylic acids is 3. The molecule has 0 saturated heterocycles. The van der Waals surface area contributed by atoms with Crippen LogP contribution >= 0.6 is 6.89 Å². The number of ketones is 3. The maximum absolute atomic E-state index is 13.5. The van der Waals surface area contributed by atoms with Crippen LogP contribution in [0.4, 0.5) is 0 Å². The molecule has 0 aromatic heterocycles. The Morgan fingerprint density at radius 3 is 1.45 bits per heavy atom. The predicted octanol–water partition coefficient (Wildman–Crippen LogP) is 3.68. The zero-order valence-electron chi connectivity index (χ0n) is 17.5. The van der Waals surface area contributed by atoms with Gasteiger partial charge in [0.2, 0.25) is 0 Å². The zero-order valence-corrected chi connectivity index (χ0v) is 18.4. The minimum absolute atomic E-state index is 0.0705. The van der Waals surface area contributed by atoms with Crippen molar-refractivity contribution < 1.29 is 14.4 Å². The van der Waals surface area contributed by atoms with Crippen molar-refractivity contribution >= 4 is 45.9 Å². The highest BCUT2D eigenvalue weighted by Gasteiger charge is 2.46. The Hall–Kier alpha value is -3.03. The molecule has 0 N–H and O–H groups in total. The van der Waals surface area contributed by atoms with E-state index in [0.717, 1.165) is 15.9 Å². The lowest BCUT2D eigenvalue weighted by Crippen LogP contribution is -2.34. The standard InChI is InChI=1S/C27H25O3P/c1-27(25(29)17-18-26(27)30)19-21(28)20-31(22-11-5-2-6-12-22,23-13-7-3-8-14-23)24-15-9-4-10-16-24/h2-16,20H,17-19H2,1H3. The molecule has 0 bridgehead atoms. The fraction of sp³-hybridized carbons (Fsp3) is 0.185. The molecule has 4 rings (SSSR count). The third kappa shape index (κ3) is 3.86. The van der Waals surface area contributed by atoms with Gasteiger partial charge in [-0.2, -0.15) is 0 Å². The summed E-state index contributed by atoms with van der Waals surface area (Å²) >= 11 is 0. The second kappa shape index (κ2) is 8.61. The third-order valence-corrected chi connectivity index (χ3v) is 10.2. The average Bonchev–Trinajstić information content (AvgIpc) is 3.06. The van der Waals surface area contributed by atoms with Crippen molar-refractivity contribution in [1.82, 2.24) is 0 Å². The van der Waals surface area contributed by atoms with Crippen LogP contribution in [0.2, 0.25) is 0 Å². The first kappa shape index (κ1) is 21.2. The first-order valence-corrected chi connectivity index (χ1v) is 12.3. The molecule has 4 heteroatoms. The van der Waals surface area contributed by atoms with Gasteiger partial charge in [0.25, 0.3) is 0 Å². The fourth-order valence-corrected chi connectivity index (χ4v) is 8.19. The molecule has 0 unspecified atom stereocenters. The summed E-state index contributed by atoms with van der Waals surface area (Å²) in [5.41, 5.74) is -1.20. The van der Waals surface area contributed by atoms with Crippen LogP contribution in [0.5, 0.6) is 0 Å². The summed E-state index contributed by atoms with van der Waals surface area (Å²) in [6.45, 7) is -0.804. The highest BCUT2D eigenvalue weighted by Crippen LogP contribution is 2.44. The first-order chi connectivity index (χ1) is 15.0. The molecule has 0 heterocycles. The van der Waals surface area contributed by atoms with Crippen molar-refractivity contribution in [3.8, 4) is 0 Å². The molecule has 3 aromatic carbocycles. The van der Waals surface area contributed by atoms with Crippen molar-refractivity contribution in [1.29, 1.82) is 0 Å². The van der Waals surface area contributed by atoms with Gasteiger partial charge in [-0.3, -0.25) is 14.4 Å². The first-order valence-electron chi connectivity index (χ1n) is 10.5. The summed E-state index contributed by atoms with van der Waals surface area (Å²) in [6, 6.07) is 30.2. The van der Waals surface area contributed by atoms with Crippen LogP contribution in [0.15, 0.2) is 91.0 Å². The highest BCUT2D eigenvalue weighted by atomic mass is 31.2. The minimum atomic E-state index is -2.43. The largest absolute Gasteiger partial charge is 0.299 e. The van der Waals surface area contributed by atoms with E-state index in [9.17, 15) is 14.4 Å². The van der Waals surface area contributed by atoms with E-state index >= 15 is 0 Å². The van der Waals surface area contributed by atoms with Gasteiger partial charge < -0.3 is 0 Å². The van der Waals surface area contributed by atoms with Crippen LogP contribution in [0.25, 0.3) is 0 Å². The summed E-state index contributed by atoms with van der Waals surface area (Å²) in [6.07, 6.45) is 0.400. The number of benzene rings is 3. The number of hydrogen-bond acceptors (Lipinski definition) is 3. The lowest BCUT2D eigenvalue weighted by atomic mass is 9.82. The second-order valence-electron chi connectivity index (χ2n) is 8.18. The Morgan fingerprint density at radius 1 is 0.742 bits per heavy atom. The van der Waals surface area contributed by atoms with Crippen molar-refractivity contribution in [3.63, 3.8) is 0 Å². The fourth-order valence-electron chi connectivity index (χ4n) is 4.40. The maximum Gasteiger partial charge on any atom is 0.158 e. The summed E-state index contributed by atoms with van der Waals surface area (Å²) in [5, 5.41) is 3.19. The van der Waals surface area contributed by atoms with E-state index in [4.69, 9.17) is 0 Å². The van der Waals surface area contributed by atoms with Gasteiger partial charge in [0.05, 0.1) is 5.41 Å². The van der Waals surface area contributed by atoms with E-state index in [2.05, 4.69) is 36.4 Å². The Morgan fingerprint density at radius 2 is 1.10 bits per heavy atom. The van der Waals surface area contributed by atoms with E-state index in [0.29, 0.717) is 0 Å². The maximum atomic E-state index is 13.5. The molecule has 0 radical (unpaired) electrons. The van der Waals surface area contributed by atoms with Crippen molar-refractivity contribution in [2.24, 2.45) is 5.41 Å². The predicted molar refractivity (Wildman–Crippen MR) is 128 cm³/mol. The Bertz CT molecular complexity index is 1050. The molecular weight excluding hydrogens is 403 g/mol. The highest BCUT2D eigenvalue weighted by molar-refractivity contribution is 7.95.